The summed E-state index contributed by atoms with van der Waals surface area (Å²) in [7, 11) is 0.882. The van der Waals surface area contributed by atoms with Gasteiger partial charge in [0, 0.05) is 6.42 Å². The number of Topliss-reactive ketones (excluding diaryl/α,β-unsaturated/α-hetero) is 1. The third kappa shape index (κ3) is 5.29. The van der Waals surface area contributed by atoms with Crippen molar-refractivity contribution in [1.82, 2.24) is 5.32 Å². The predicted octanol–water partition coefficient (Wildman–Crippen LogP) is 2.46. The number of ketones is 1. The van der Waals surface area contributed by atoms with Crippen LogP contribution in [0.1, 0.15) is 25.3 Å². The van der Waals surface area contributed by atoms with Gasteiger partial charge in [0.2, 0.25) is 11.8 Å². The molecule has 1 N–H and O–H groups in total. The molecule has 132 valence electrons. The Kier molecular flexibility index (Phi) is 7.29. The van der Waals surface area contributed by atoms with Crippen molar-refractivity contribution in [1.29, 1.82) is 0 Å². The van der Waals surface area contributed by atoms with Crippen molar-refractivity contribution in [2.75, 3.05) is 7.11 Å². The molecule has 0 saturated heterocycles. The van der Waals surface area contributed by atoms with Crippen LogP contribution in [0.3, 0.4) is 0 Å². The lowest BCUT2D eigenvalue weighted by molar-refractivity contribution is -0.163. The highest BCUT2D eigenvalue weighted by Crippen LogP contribution is 2.23. The summed E-state index contributed by atoms with van der Waals surface area (Å²) in [6, 6.07) is 6.09. The number of nitrogens with one attached hydrogen (secondary N) is 1. The van der Waals surface area contributed by atoms with Crippen LogP contribution in [0.4, 0.5) is 13.6 Å². The molecule has 0 radical (unpaired) electrons. The zero-order valence-electron chi connectivity index (χ0n) is 13.4. The van der Waals surface area contributed by atoms with E-state index in [0.29, 0.717) is 5.56 Å². The Labute approximate surface area is 138 Å². The van der Waals surface area contributed by atoms with Crippen LogP contribution >= 0.6 is 0 Å². The van der Waals surface area contributed by atoms with Crippen LogP contribution in [-0.2, 0) is 25.7 Å². The SMILES string of the molecule is CCCC(=O)C(F)(F)C(NC(=O)OCc1ccccc1)C(=O)OC. The number of alkyl halides is 2. The topological polar surface area (TPSA) is 81.7 Å². The molecule has 0 spiro atoms. The molecule has 0 saturated carbocycles. The fraction of sp³-hybridized carbons (Fsp3) is 0.438. The number of ether oxygens (including phenoxy) is 2. The van der Waals surface area contributed by atoms with Gasteiger partial charge < -0.3 is 14.8 Å². The highest BCUT2D eigenvalue weighted by Gasteiger charge is 2.52. The molecule has 0 aliphatic heterocycles. The van der Waals surface area contributed by atoms with Crippen LogP contribution in [0.15, 0.2) is 30.3 Å². The number of methoxy groups -OCH3 is 1. The van der Waals surface area contributed by atoms with Gasteiger partial charge in [0.05, 0.1) is 7.11 Å². The minimum atomic E-state index is -4.09. The minimum Gasteiger partial charge on any atom is -0.467 e. The zero-order chi connectivity index (χ0) is 18.2. The number of esters is 1. The van der Waals surface area contributed by atoms with E-state index in [1.807, 2.05) is 0 Å². The Hall–Kier alpha value is -2.51. The molecule has 1 atom stereocenters. The van der Waals surface area contributed by atoms with E-state index in [9.17, 15) is 23.2 Å². The number of carbonyl (C=O) groups excluding carboxylic acids is 3. The van der Waals surface area contributed by atoms with E-state index in [-0.39, 0.29) is 13.0 Å². The number of alkyl carbamates (subject to hydrolysis) is 1. The van der Waals surface area contributed by atoms with Crippen molar-refractivity contribution >= 4 is 17.8 Å². The Balaban J connectivity index is 2.76. The maximum atomic E-state index is 14.1. The Morgan fingerprint density at radius 1 is 1.21 bits per heavy atom. The lowest BCUT2D eigenvalue weighted by Crippen LogP contribution is -2.56. The quantitative estimate of drug-likeness (QED) is 0.733. The standard InChI is InChI=1S/C16H19F2NO5/c1-3-7-12(20)16(17,18)13(14(21)23-2)19-15(22)24-10-11-8-5-4-6-9-11/h4-6,8-9,13H,3,7,10H2,1-2H3,(H,19,22). The molecule has 1 unspecified atom stereocenters. The molecule has 1 amide bonds. The van der Waals surface area contributed by atoms with Crippen molar-refractivity contribution in [3.8, 4) is 0 Å². The number of hydrogen-bond donors (Lipinski definition) is 1. The van der Waals surface area contributed by atoms with Gasteiger partial charge >= 0.3 is 18.0 Å². The van der Waals surface area contributed by atoms with Crippen LogP contribution in [0.5, 0.6) is 0 Å². The van der Waals surface area contributed by atoms with Crippen molar-refractivity contribution in [3.63, 3.8) is 0 Å². The maximum absolute atomic E-state index is 14.1. The first-order valence-corrected chi connectivity index (χ1v) is 7.29. The van der Waals surface area contributed by atoms with Gasteiger partial charge in [-0.05, 0) is 12.0 Å². The molecule has 6 nitrogen and oxygen atoms in total. The maximum Gasteiger partial charge on any atom is 0.408 e. The van der Waals surface area contributed by atoms with E-state index in [1.165, 1.54) is 0 Å². The fourth-order valence-electron chi connectivity index (χ4n) is 1.85. The Morgan fingerprint density at radius 3 is 2.38 bits per heavy atom. The molecular formula is C16H19F2NO5. The van der Waals surface area contributed by atoms with Gasteiger partial charge in [-0.25, -0.2) is 9.59 Å². The molecule has 0 heterocycles. The second-order valence-corrected chi connectivity index (χ2v) is 4.96. The van der Waals surface area contributed by atoms with Crippen LogP contribution < -0.4 is 5.32 Å². The molecule has 0 aliphatic carbocycles. The lowest BCUT2D eigenvalue weighted by atomic mass is 10.0. The third-order valence-corrected chi connectivity index (χ3v) is 3.12. The summed E-state index contributed by atoms with van der Waals surface area (Å²) in [6.45, 7) is 1.37. The highest BCUT2D eigenvalue weighted by atomic mass is 19.3. The third-order valence-electron chi connectivity index (χ3n) is 3.12. The van der Waals surface area contributed by atoms with E-state index < -0.39 is 36.2 Å². The first-order valence-electron chi connectivity index (χ1n) is 7.29. The molecule has 1 aromatic carbocycles. The van der Waals surface area contributed by atoms with Crippen LogP contribution in [-0.4, -0.2) is 36.9 Å². The van der Waals surface area contributed by atoms with Crippen molar-refractivity contribution in [2.24, 2.45) is 0 Å². The van der Waals surface area contributed by atoms with Gasteiger partial charge in [0.25, 0.3) is 0 Å². The number of hydrogen-bond acceptors (Lipinski definition) is 5. The van der Waals surface area contributed by atoms with Gasteiger partial charge in [-0.1, -0.05) is 37.3 Å². The molecule has 24 heavy (non-hydrogen) atoms. The van der Waals surface area contributed by atoms with Crippen LogP contribution in [0.2, 0.25) is 0 Å². The van der Waals surface area contributed by atoms with Crippen molar-refractivity contribution in [3.05, 3.63) is 35.9 Å². The minimum absolute atomic E-state index is 0.172. The summed E-state index contributed by atoms with van der Waals surface area (Å²) in [4.78, 5) is 34.8. The van der Waals surface area contributed by atoms with E-state index in [2.05, 4.69) is 4.74 Å². The van der Waals surface area contributed by atoms with Gasteiger partial charge in [-0.15, -0.1) is 0 Å². The van der Waals surface area contributed by atoms with Gasteiger partial charge in [-0.2, -0.15) is 8.78 Å². The Bertz CT molecular complexity index is 577. The summed E-state index contributed by atoms with van der Waals surface area (Å²) < 4.78 is 37.3. The van der Waals surface area contributed by atoms with Gasteiger partial charge in [0.15, 0.2) is 0 Å². The predicted molar refractivity (Wildman–Crippen MR) is 80.4 cm³/mol. The molecule has 0 bridgehead atoms. The molecule has 0 fully saturated rings. The average molecular weight is 343 g/mol. The van der Waals surface area contributed by atoms with E-state index in [1.54, 1.807) is 42.6 Å². The summed E-state index contributed by atoms with van der Waals surface area (Å²) >= 11 is 0. The first-order chi connectivity index (χ1) is 11.3. The van der Waals surface area contributed by atoms with Crippen LogP contribution in [0.25, 0.3) is 0 Å². The summed E-state index contributed by atoms with van der Waals surface area (Å²) in [6.07, 6.45) is -1.50. The second-order valence-electron chi connectivity index (χ2n) is 4.96. The lowest BCUT2D eigenvalue weighted by Gasteiger charge is -2.24. The molecule has 1 rings (SSSR count). The van der Waals surface area contributed by atoms with E-state index >= 15 is 0 Å². The molecule has 8 heteroatoms. The number of carbonyl (C=O) groups is 3. The van der Waals surface area contributed by atoms with Crippen LogP contribution in [0, 0.1) is 0 Å². The summed E-state index contributed by atoms with van der Waals surface area (Å²) in [5.74, 6) is -6.97. The average Bonchev–Trinajstić information content (AvgIpc) is 2.58. The summed E-state index contributed by atoms with van der Waals surface area (Å²) in [5.41, 5.74) is 0.635. The Morgan fingerprint density at radius 2 is 1.83 bits per heavy atom. The molecule has 1 aromatic rings. The largest absolute Gasteiger partial charge is 0.467 e. The van der Waals surface area contributed by atoms with E-state index in [4.69, 9.17) is 4.74 Å². The smallest absolute Gasteiger partial charge is 0.408 e. The number of halogens is 2. The van der Waals surface area contributed by atoms with Crippen molar-refractivity contribution < 1.29 is 32.6 Å². The number of benzene rings is 1. The molecule has 0 aromatic heterocycles. The number of amides is 1. The first kappa shape index (κ1) is 19.5. The van der Waals surface area contributed by atoms with Gasteiger partial charge in [-0.3, -0.25) is 4.79 Å². The van der Waals surface area contributed by atoms with Crippen molar-refractivity contribution in [2.45, 2.75) is 38.3 Å². The number of rotatable bonds is 8. The monoisotopic (exact) mass is 343 g/mol. The van der Waals surface area contributed by atoms with E-state index in [0.717, 1.165) is 7.11 Å². The normalized spacial score (nSPS) is 12.2. The highest BCUT2D eigenvalue weighted by molar-refractivity contribution is 5.94. The zero-order valence-corrected chi connectivity index (χ0v) is 13.4. The molecule has 0 aliphatic rings. The van der Waals surface area contributed by atoms with Gasteiger partial charge in [0.1, 0.15) is 6.61 Å². The second kappa shape index (κ2) is 8.95. The summed E-state index contributed by atoms with van der Waals surface area (Å²) in [5, 5.41) is 1.71. The fourth-order valence-corrected chi connectivity index (χ4v) is 1.85. The molecular weight excluding hydrogens is 324 g/mol.